The van der Waals surface area contributed by atoms with Crippen molar-refractivity contribution in [3.05, 3.63) is 36.0 Å². The second-order valence-corrected chi connectivity index (χ2v) is 2.55. The van der Waals surface area contributed by atoms with Crippen LogP contribution < -0.4 is 5.32 Å². The van der Waals surface area contributed by atoms with Gasteiger partial charge in [0, 0.05) is 11.3 Å². The van der Waals surface area contributed by atoms with Crippen LogP contribution in [0.2, 0.25) is 0 Å². The predicted octanol–water partition coefficient (Wildman–Crippen LogP) is 1.87. The van der Waals surface area contributed by atoms with Crippen LogP contribution in [0.15, 0.2) is 30.5 Å². The molecule has 0 spiro atoms. The van der Waals surface area contributed by atoms with Gasteiger partial charge in [-0.15, -0.1) is 0 Å². The molecule has 0 saturated heterocycles. The molecule has 0 unspecified atom stereocenters. The molecule has 1 aliphatic rings. The molecule has 0 fully saturated rings. The summed E-state index contributed by atoms with van der Waals surface area (Å²) in [6.45, 7) is 0. The topological polar surface area (TPSA) is 32.3 Å². The van der Waals surface area contributed by atoms with Crippen molar-refractivity contribution < 1.29 is 5.11 Å². The lowest BCUT2D eigenvalue weighted by atomic mass is 10.1. The Labute approximate surface area is 65.2 Å². The zero-order chi connectivity index (χ0) is 7.68. The lowest BCUT2D eigenvalue weighted by molar-refractivity contribution is 0.470. The number of aromatic hydroxyl groups is 1. The normalized spacial score (nSPS) is 13.8. The summed E-state index contributed by atoms with van der Waals surface area (Å²) in [4.78, 5) is 0. The third-order valence-electron chi connectivity index (χ3n) is 1.83. The molecule has 1 heterocycles. The Kier molecular flexibility index (Phi) is 1.32. The predicted molar refractivity (Wildman–Crippen MR) is 44.6 cm³/mol. The minimum Gasteiger partial charge on any atom is -0.508 e. The summed E-state index contributed by atoms with van der Waals surface area (Å²) in [5, 5.41) is 12.4. The second kappa shape index (κ2) is 2.31. The summed E-state index contributed by atoms with van der Waals surface area (Å²) in [7, 11) is 0. The van der Waals surface area contributed by atoms with Crippen LogP contribution in [0.1, 0.15) is 5.56 Å². The number of rotatable bonds is 0. The molecule has 0 bridgehead atoms. The highest BCUT2D eigenvalue weighted by Gasteiger charge is 2.06. The lowest BCUT2D eigenvalue weighted by Crippen LogP contribution is -1.99. The third-order valence-corrected chi connectivity index (χ3v) is 1.83. The smallest absolute Gasteiger partial charge is 0.121 e. The van der Waals surface area contributed by atoms with Crippen LogP contribution in [-0.2, 0) is 6.42 Å². The van der Waals surface area contributed by atoms with Crippen molar-refractivity contribution in [2.24, 2.45) is 0 Å². The molecular weight excluding hydrogens is 138 g/mol. The van der Waals surface area contributed by atoms with E-state index in [9.17, 15) is 5.11 Å². The van der Waals surface area contributed by atoms with Gasteiger partial charge < -0.3 is 10.4 Å². The number of hydrogen-bond donors (Lipinski definition) is 2. The summed E-state index contributed by atoms with van der Waals surface area (Å²) < 4.78 is 0. The number of benzene rings is 1. The molecule has 0 aliphatic carbocycles. The zero-order valence-corrected chi connectivity index (χ0v) is 6.04. The number of phenolic OH excluding ortho intramolecular Hbond substituents is 1. The Morgan fingerprint density at radius 3 is 3.09 bits per heavy atom. The zero-order valence-electron chi connectivity index (χ0n) is 6.04. The number of fused-ring (bicyclic) bond motifs is 1. The molecule has 0 atom stereocenters. The molecule has 0 amide bonds. The van der Waals surface area contributed by atoms with Gasteiger partial charge in [0.05, 0.1) is 0 Å². The van der Waals surface area contributed by atoms with Gasteiger partial charge in [0.1, 0.15) is 5.75 Å². The molecule has 1 aromatic rings. The van der Waals surface area contributed by atoms with E-state index in [4.69, 9.17) is 0 Å². The fourth-order valence-corrected chi connectivity index (χ4v) is 1.25. The van der Waals surface area contributed by atoms with Crippen molar-refractivity contribution in [2.45, 2.75) is 6.42 Å². The van der Waals surface area contributed by atoms with E-state index in [0.717, 1.165) is 17.7 Å². The van der Waals surface area contributed by atoms with E-state index in [1.165, 1.54) is 0 Å². The van der Waals surface area contributed by atoms with Crippen molar-refractivity contribution in [3.63, 3.8) is 0 Å². The van der Waals surface area contributed by atoms with E-state index in [2.05, 4.69) is 5.32 Å². The van der Waals surface area contributed by atoms with E-state index in [1.54, 1.807) is 6.07 Å². The van der Waals surface area contributed by atoms with Crippen molar-refractivity contribution in [3.8, 4) is 5.75 Å². The third kappa shape index (κ3) is 0.963. The molecule has 2 nitrogen and oxygen atoms in total. The standard InChI is InChI=1S/C9H9NO/c11-9-5-1-4-8-7(9)3-2-6-10-8/h1-2,4-6,10-11H,3H2. The van der Waals surface area contributed by atoms with Gasteiger partial charge in [-0.3, -0.25) is 0 Å². The van der Waals surface area contributed by atoms with E-state index in [0.29, 0.717) is 5.75 Å². The van der Waals surface area contributed by atoms with Crippen LogP contribution in [0.5, 0.6) is 5.75 Å². The lowest BCUT2D eigenvalue weighted by Gasteiger charge is -2.12. The Bertz CT molecular complexity index is 304. The highest BCUT2D eigenvalue weighted by Crippen LogP contribution is 2.28. The minimum absolute atomic E-state index is 0.374. The first kappa shape index (κ1) is 6.28. The molecular formula is C9H9NO. The number of hydrogen-bond acceptors (Lipinski definition) is 2. The van der Waals surface area contributed by atoms with Gasteiger partial charge in [0.2, 0.25) is 0 Å². The number of phenols is 1. The molecule has 56 valence electrons. The van der Waals surface area contributed by atoms with Crippen molar-refractivity contribution >= 4 is 5.69 Å². The minimum atomic E-state index is 0.374. The fourth-order valence-electron chi connectivity index (χ4n) is 1.25. The average Bonchev–Trinajstić information content (AvgIpc) is 2.06. The summed E-state index contributed by atoms with van der Waals surface area (Å²) in [6.07, 6.45) is 4.69. The number of nitrogens with one attached hydrogen (secondary N) is 1. The van der Waals surface area contributed by atoms with Gasteiger partial charge >= 0.3 is 0 Å². The SMILES string of the molecule is Oc1cccc2c1CC=CN2. The Balaban J connectivity index is 2.54. The maximum atomic E-state index is 9.38. The quantitative estimate of drug-likeness (QED) is 0.587. The van der Waals surface area contributed by atoms with E-state index < -0.39 is 0 Å². The molecule has 1 aliphatic heterocycles. The van der Waals surface area contributed by atoms with Gasteiger partial charge in [-0.25, -0.2) is 0 Å². The number of anilines is 1. The highest BCUT2D eigenvalue weighted by molar-refractivity contribution is 5.61. The van der Waals surface area contributed by atoms with Crippen molar-refractivity contribution in [1.82, 2.24) is 0 Å². The van der Waals surface area contributed by atoms with Crippen LogP contribution in [-0.4, -0.2) is 5.11 Å². The van der Waals surface area contributed by atoms with Crippen LogP contribution in [0.3, 0.4) is 0 Å². The molecule has 0 radical (unpaired) electrons. The summed E-state index contributed by atoms with van der Waals surface area (Å²) in [5.41, 5.74) is 1.99. The molecule has 2 rings (SSSR count). The molecule has 2 N–H and O–H groups in total. The van der Waals surface area contributed by atoms with Gasteiger partial charge in [-0.1, -0.05) is 12.1 Å². The van der Waals surface area contributed by atoms with Crippen molar-refractivity contribution in [1.29, 1.82) is 0 Å². The fraction of sp³-hybridized carbons (Fsp3) is 0.111. The van der Waals surface area contributed by atoms with Crippen LogP contribution in [0.25, 0.3) is 0 Å². The molecule has 1 aromatic carbocycles. The maximum Gasteiger partial charge on any atom is 0.121 e. The summed E-state index contributed by atoms with van der Waals surface area (Å²) >= 11 is 0. The molecule has 0 saturated carbocycles. The molecule has 2 heteroatoms. The Hall–Kier alpha value is -1.44. The first-order valence-corrected chi connectivity index (χ1v) is 3.60. The van der Waals surface area contributed by atoms with E-state index in [1.807, 2.05) is 24.4 Å². The molecule has 0 aromatic heterocycles. The highest BCUT2D eigenvalue weighted by atomic mass is 16.3. The summed E-state index contributed by atoms with van der Waals surface area (Å²) in [6, 6.07) is 5.50. The van der Waals surface area contributed by atoms with Gasteiger partial charge in [0.25, 0.3) is 0 Å². The second-order valence-electron chi connectivity index (χ2n) is 2.55. The van der Waals surface area contributed by atoms with E-state index in [-0.39, 0.29) is 0 Å². The Morgan fingerprint density at radius 1 is 1.36 bits per heavy atom. The number of allylic oxidation sites excluding steroid dienone is 1. The van der Waals surface area contributed by atoms with Crippen LogP contribution in [0.4, 0.5) is 5.69 Å². The average molecular weight is 147 g/mol. The van der Waals surface area contributed by atoms with Gasteiger partial charge in [0.15, 0.2) is 0 Å². The van der Waals surface area contributed by atoms with Crippen LogP contribution >= 0.6 is 0 Å². The monoisotopic (exact) mass is 147 g/mol. The first-order valence-electron chi connectivity index (χ1n) is 3.60. The summed E-state index contributed by atoms with van der Waals surface area (Å²) in [5.74, 6) is 0.374. The van der Waals surface area contributed by atoms with Gasteiger partial charge in [-0.05, 0) is 24.8 Å². The van der Waals surface area contributed by atoms with Gasteiger partial charge in [-0.2, -0.15) is 0 Å². The Morgan fingerprint density at radius 2 is 2.27 bits per heavy atom. The first-order chi connectivity index (χ1) is 5.38. The maximum absolute atomic E-state index is 9.38. The van der Waals surface area contributed by atoms with Crippen molar-refractivity contribution in [2.75, 3.05) is 5.32 Å². The molecule has 11 heavy (non-hydrogen) atoms. The van der Waals surface area contributed by atoms with Crippen LogP contribution in [0, 0.1) is 0 Å². The largest absolute Gasteiger partial charge is 0.508 e. The van der Waals surface area contributed by atoms with E-state index >= 15 is 0 Å².